The lowest BCUT2D eigenvalue weighted by Gasteiger charge is -2.27. The van der Waals surface area contributed by atoms with Crippen LogP contribution in [-0.2, 0) is 0 Å². The Labute approximate surface area is 175 Å². The van der Waals surface area contributed by atoms with Crippen LogP contribution in [0.4, 0.5) is 0 Å². The molecule has 0 radical (unpaired) electrons. The minimum Gasteiger partial charge on any atom is -0.497 e. The highest BCUT2D eigenvalue weighted by Crippen LogP contribution is 2.44. The minimum absolute atomic E-state index is 0. The molecule has 0 saturated carbocycles. The van der Waals surface area contributed by atoms with E-state index >= 15 is 0 Å². The van der Waals surface area contributed by atoms with Crippen LogP contribution in [0.1, 0.15) is 22.0 Å². The number of benzene rings is 1. The van der Waals surface area contributed by atoms with Crippen LogP contribution in [0.2, 0.25) is 0 Å². The number of hydrogen-bond donors (Lipinski definition) is 0. The van der Waals surface area contributed by atoms with E-state index in [-0.39, 0.29) is 18.3 Å². The number of amides is 1. The molecule has 0 aliphatic carbocycles. The van der Waals surface area contributed by atoms with Crippen molar-refractivity contribution in [2.45, 2.75) is 6.04 Å². The maximum atomic E-state index is 13.1. The van der Waals surface area contributed by atoms with E-state index in [1.807, 2.05) is 29.2 Å². The van der Waals surface area contributed by atoms with Gasteiger partial charge in [-0.25, -0.2) is 9.50 Å². The first-order valence-corrected chi connectivity index (χ1v) is 9.57. The number of carbonyl (C=O) groups is 1. The van der Waals surface area contributed by atoms with Gasteiger partial charge in [0.25, 0.3) is 5.91 Å². The van der Waals surface area contributed by atoms with Gasteiger partial charge < -0.3 is 9.64 Å². The predicted molar refractivity (Wildman–Crippen MR) is 111 cm³/mol. The van der Waals surface area contributed by atoms with E-state index in [1.165, 1.54) is 11.9 Å². The van der Waals surface area contributed by atoms with Crippen molar-refractivity contribution >= 4 is 24.0 Å². The molecule has 3 atom stereocenters. The third-order valence-corrected chi connectivity index (χ3v) is 6.16. The van der Waals surface area contributed by atoms with E-state index in [2.05, 4.69) is 34.2 Å². The van der Waals surface area contributed by atoms with Gasteiger partial charge in [0, 0.05) is 37.8 Å². The van der Waals surface area contributed by atoms with Crippen molar-refractivity contribution in [2.75, 3.05) is 33.8 Å². The molecule has 1 aromatic carbocycles. The normalized spacial score (nSPS) is 23.8. The van der Waals surface area contributed by atoms with Crippen LogP contribution in [0.25, 0.3) is 5.65 Å². The summed E-state index contributed by atoms with van der Waals surface area (Å²) < 4.78 is 6.94. The molecule has 0 unspecified atom stereocenters. The highest BCUT2D eigenvalue weighted by Gasteiger charge is 2.47. The van der Waals surface area contributed by atoms with Gasteiger partial charge in [-0.2, -0.15) is 5.10 Å². The Bertz CT molecular complexity index is 1020. The van der Waals surface area contributed by atoms with E-state index in [1.54, 1.807) is 17.8 Å². The number of hydrogen-bond acceptors (Lipinski definition) is 5. The molecule has 29 heavy (non-hydrogen) atoms. The molecule has 5 rings (SSSR count). The number of methoxy groups -OCH3 is 1. The molecule has 2 aliphatic heterocycles. The molecular formula is C21H24ClN5O2. The minimum atomic E-state index is 0. The average molecular weight is 414 g/mol. The number of ether oxygens (including phenoxy) is 1. The molecule has 7 nitrogen and oxygen atoms in total. The third-order valence-electron chi connectivity index (χ3n) is 6.16. The van der Waals surface area contributed by atoms with Crippen LogP contribution in [0.15, 0.2) is 48.9 Å². The predicted octanol–water partition coefficient (Wildman–Crippen LogP) is 2.53. The number of nitrogens with zero attached hydrogens (tertiary/aromatic N) is 5. The maximum absolute atomic E-state index is 13.1. The maximum Gasteiger partial charge on any atom is 0.255 e. The molecule has 2 aromatic heterocycles. The van der Waals surface area contributed by atoms with E-state index < -0.39 is 0 Å². The van der Waals surface area contributed by atoms with Crippen molar-refractivity contribution < 1.29 is 9.53 Å². The van der Waals surface area contributed by atoms with Gasteiger partial charge in [0.05, 0.1) is 12.7 Å². The van der Waals surface area contributed by atoms with E-state index in [9.17, 15) is 4.79 Å². The van der Waals surface area contributed by atoms with Crippen molar-refractivity contribution in [2.24, 2.45) is 11.8 Å². The highest BCUT2D eigenvalue weighted by atomic mass is 35.5. The SMILES string of the molecule is COc1ccc([C@@H]2[C@@H]3CN(C(=O)c4ccc5ncnn5c4)C[C@@H]3CN2C)cc1.Cl. The number of aromatic nitrogens is 3. The van der Waals surface area contributed by atoms with Crippen molar-refractivity contribution in [1.82, 2.24) is 24.4 Å². The van der Waals surface area contributed by atoms with Crippen LogP contribution in [0.3, 0.4) is 0 Å². The number of pyridine rings is 1. The zero-order valence-corrected chi connectivity index (χ0v) is 17.2. The standard InChI is InChI=1S/C21H23N5O2.ClH/c1-24-9-16-10-25(21(27)15-5-8-19-22-13-23-26(19)11-15)12-18(16)20(24)14-3-6-17(28-2)7-4-14;/h3-8,11,13,16,18,20H,9-10,12H2,1-2H3;1H/t16-,18+,20+;/m0./s1. The van der Waals surface area contributed by atoms with Crippen molar-refractivity contribution in [3.8, 4) is 5.75 Å². The third kappa shape index (κ3) is 3.34. The Morgan fingerprint density at radius 2 is 1.90 bits per heavy atom. The zero-order valence-electron chi connectivity index (χ0n) is 16.4. The van der Waals surface area contributed by atoms with Crippen molar-refractivity contribution in [3.05, 3.63) is 60.0 Å². The summed E-state index contributed by atoms with van der Waals surface area (Å²) in [7, 11) is 3.86. The van der Waals surface area contributed by atoms with Crippen LogP contribution in [0.5, 0.6) is 5.75 Å². The average Bonchev–Trinajstić information content (AvgIpc) is 3.41. The lowest BCUT2D eigenvalue weighted by Crippen LogP contribution is -2.33. The van der Waals surface area contributed by atoms with E-state index in [4.69, 9.17) is 4.74 Å². The summed E-state index contributed by atoms with van der Waals surface area (Å²) in [6, 6.07) is 12.3. The largest absolute Gasteiger partial charge is 0.497 e. The Morgan fingerprint density at radius 1 is 1.10 bits per heavy atom. The van der Waals surface area contributed by atoms with Crippen LogP contribution >= 0.6 is 12.4 Å². The van der Waals surface area contributed by atoms with Gasteiger partial charge in [-0.1, -0.05) is 12.1 Å². The fourth-order valence-corrected chi connectivity index (χ4v) is 4.85. The van der Waals surface area contributed by atoms with E-state index in [0.717, 1.165) is 31.0 Å². The lowest BCUT2D eigenvalue weighted by atomic mass is 9.89. The molecule has 2 fully saturated rings. The molecular weight excluding hydrogens is 390 g/mol. The number of rotatable bonds is 3. The number of halogens is 1. The Balaban J connectivity index is 0.00000205. The van der Waals surface area contributed by atoms with Crippen LogP contribution in [0, 0.1) is 11.8 Å². The Morgan fingerprint density at radius 3 is 2.66 bits per heavy atom. The van der Waals surface area contributed by atoms with Crippen molar-refractivity contribution in [3.63, 3.8) is 0 Å². The molecule has 2 saturated heterocycles. The summed E-state index contributed by atoms with van der Waals surface area (Å²) >= 11 is 0. The molecule has 4 heterocycles. The molecule has 152 valence electrons. The fraction of sp³-hybridized carbons (Fsp3) is 0.381. The summed E-state index contributed by atoms with van der Waals surface area (Å²) in [6.07, 6.45) is 3.27. The molecule has 1 amide bonds. The second-order valence-electron chi connectivity index (χ2n) is 7.77. The van der Waals surface area contributed by atoms with Gasteiger partial charge in [0.1, 0.15) is 12.1 Å². The zero-order chi connectivity index (χ0) is 19.3. The first-order valence-electron chi connectivity index (χ1n) is 9.57. The van der Waals surface area contributed by atoms with Gasteiger partial charge in [0.15, 0.2) is 5.65 Å². The Hall–Kier alpha value is -2.64. The smallest absolute Gasteiger partial charge is 0.255 e. The first kappa shape index (κ1) is 19.7. The molecule has 0 N–H and O–H groups in total. The van der Waals surface area contributed by atoms with Crippen LogP contribution in [-0.4, -0.2) is 64.1 Å². The lowest BCUT2D eigenvalue weighted by molar-refractivity contribution is 0.0767. The second kappa shape index (κ2) is 7.65. The van der Waals surface area contributed by atoms with Crippen LogP contribution < -0.4 is 4.74 Å². The quantitative estimate of drug-likeness (QED) is 0.660. The second-order valence-corrected chi connectivity index (χ2v) is 7.77. The summed E-state index contributed by atoms with van der Waals surface area (Å²) in [5.41, 5.74) is 2.69. The molecule has 0 bridgehead atoms. The molecule has 2 aliphatic rings. The summed E-state index contributed by atoms with van der Waals surface area (Å²) in [6.45, 7) is 2.59. The summed E-state index contributed by atoms with van der Waals surface area (Å²) in [5, 5.41) is 4.14. The monoisotopic (exact) mass is 413 g/mol. The van der Waals surface area contributed by atoms with Gasteiger partial charge in [-0.3, -0.25) is 9.69 Å². The Kier molecular flexibility index (Phi) is 5.19. The molecule has 0 spiro atoms. The molecule has 3 aromatic rings. The molecule has 8 heteroatoms. The first-order chi connectivity index (χ1) is 13.6. The van der Waals surface area contributed by atoms with Gasteiger partial charge >= 0.3 is 0 Å². The van der Waals surface area contributed by atoms with Gasteiger partial charge in [-0.05, 0) is 42.8 Å². The fourth-order valence-electron chi connectivity index (χ4n) is 4.85. The number of fused-ring (bicyclic) bond motifs is 2. The van der Waals surface area contributed by atoms with Crippen molar-refractivity contribution in [1.29, 1.82) is 0 Å². The summed E-state index contributed by atoms with van der Waals surface area (Å²) in [4.78, 5) is 21.6. The number of carbonyl (C=O) groups excluding carboxylic acids is 1. The van der Waals surface area contributed by atoms with Gasteiger partial charge in [0.2, 0.25) is 0 Å². The van der Waals surface area contributed by atoms with E-state index in [0.29, 0.717) is 23.4 Å². The summed E-state index contributed by atoms with van der Waals surface area (Å²) in [5.74, 6) is 1.88. The number of likely N-dealkylation sites (tertiary alicyclic amines) is 2. The highest BCUT2D eigenvalue weighted by molar-refractivity contribution is 5.94. The topological polar surface area (TPSA) is 63.0 Å². The van der Waals surface area contributed by atoms with Gasteiger partial charge in [-0.15, -0.1) is 12.4 Å².